The van der Waals surface area contributed by atoms with E-state index in [0.29, 0.717) is 6.04 Å². The van der Waals surface area contributed by atoms with Crippen LogP contribution < -0.4 is 10.1 Å². The van der Waals surface area contributed by atoms with E-state index in [1.165, 1.54) is 0 Å². The lowest BCUT2D eigenvalue weighted by atomic mass is 10.1. The minimum Gasteiger partial charge on any atom is -0.493 e. The summed E-state index contributed by atoms with van der Waals surface area (Å²) in [5.74, 6) is 1.70. The number of para-hydroxylation sites is 1. The Morgan fingerprint density at radius 2 is 2.21 bits per heavy atom. The van der Waals surface area contributed by atoms with Crippen molar-refractivity contribution >= 4 is 11.0 Å². The van der Waals surface area contributed by atoms with Gasteiger partial charge in [0.2, 0.25) is 0 Å². The summed E-state index contributed by atoms with van der Waals surface area (Å²) in [6.45, 7) is 8.00. The first-order valence-electron chi connectivity index (χ1n) is 6.59. The molecule has 0 amide bonds. The maximum absolute atomic E-state index is 5.92. The second-order valence-electron chi connectivity index (χ2n) is 4.84. The molecule has 2 aromatic rings. The highest BCUT2D eigenvalue weighted by Gasteiger charge is 2.15. The van der Waals surface area contributed by atoms with Crippen molar-refractivity contribution in [1.29, 1.82) is 0 Å². The molecule has 0 fully saturated rings. The van der Waals surface area contributed by atoms with Crippen molar-refractivity contribution in [3.8, 4) is 5.75 Å². The van der Waals surface area contributed by atoms with Crippen molar-refractivity contribution < 1.29 is 9.15 Å². The normalized spacial score (nSPS) is 14.3. The van der Waals surface area contributed by atoms with Gasteiger partial charge in [-0.15, -0.1) is 6.58 Å². The number of furan rings is 1. The van der Waals surface area contributed by atoms with Crippen molar-refractivity contribution in [3.63, 3.8) is 0 Å². The summed E-state index contributed by atoms with van der Waals surface area (Å²) in [5, 5.41) is 4.56. The molecule has 1 heterocycles. The van der Waals surface area contributed by atoms with Crippen molar-refractivity contribution in [2.24, 2.45) is 0 Å². The zero-order valence-electron chi connectivity index (χ0n) is 11.8. The van der Waals surface area contributed by atoms with Gasteiger partial charge in [0.15, 0.2) is 11.3 Å². The summed E-state index contributed by atoms with van der Waals surface area (Å²) < 4.78 is 11.2. The fraction of sp³-hybridized carbons (Fsp3) is 0.375. The number of benzene rings is 1. The van der Waals surface area contributed by atoms with Crippen LogP contribution in [-0.2, 0) is 0 Å². The molecule has 0 spiro atoms. The summed E-state index contributed by atoms with van der Waals surface area (Å²) in [5.41, 5.74) is 0.810. The van der Waals surface area contributed by atoms with Crippen LogP contribution in [0.4, 0.5) is 0 Å². The Morgan fingerprint density at radius 3 is 2.89 bits per heavy atom. The molecule has 102 valence electrons. The van der Waals surface area contributed by atoms with Gasteiger partial charge in [0.25, 0.3) is 0 Å². The van der Waals surface area contributed by atoms with Gasteiger partial charge in [0.05, 0.1) is 13.2 Å². The molecule has 1 N–H and O–H groups in total. The highest BCUT2D eigenvalue weighted by atomic mass is 16.5. The largest absolute Gasteiger partial charge is 0.493 e. The van der Waals surface area contributed by atoms with E-state index < -0.39 is 0 Å². The summed E-state index contributed by atoms with van der Waals surface area (Å²) in [6.07, 6.45) is 2.86. The van der Waals surface area contributed by atoms with Crippen LogP contribution in [0.25, 0.3) is 11.0 Å². The highest BCUT2D eigenvalue weighted by molar-refractivity contribution is 5.83. The third-order valence-electron chi connectivity index (χ3n) is 3.23. The van der Waals surface area contributed by atoms with Crippen molar-refractivity contribution in [1.82, 2.24) is 5.32 Å². The van der Waals surface area contributed by atoms with Crippen LogP contribution >= 0.6 is 0 Å². The number of nitrogens with one attached hydrogen (secondary N) is 1. The third-order valence-corrected chi connectivity index (χ3v) is 3.23. The molecule has 1 aromatic heterocycles. The minimum atomic E-state index is 0.159. The van der Waals surface area contributed by atoms with Gasteiger partial charge >= 0.3 is 0 Å². The molecular weight excluding hydrogens is 238 g/mol. The molecule has 0 saturated heterocycles. The van der Waals surface area contributed by atoms with E-state index in [9.17, 15) is 0 Å². The Hall–Kier alpha value is -1.74. The quantitative estimate of drug-likeness (QED) is 0.794. The molecule has 0 aliphatic carbocycles. The molecule has 3 heteroatoms. The van der Waals surface area contributed by atoms with Gasteiger partial charge in [-0.3, -0.25) is 0 Å². The van der Waals surface area contributed by atoms with Crippen molar-refractivity contribution in [2.75, 3.05) is 7.11 Å². The predicted octanol–water partition coefficient (Wildman–Crippen LogP) is 4.06. The molecule has 0 aliphatic rings. The van der Waals surface area contributed by atoms with Crippen LogP contribution in [0.15, 0.2) is 41.3 Å². The first-order valence-corrected chi connectivity index (χ1v) is 6.59. The fourth-order valence-electron chi connectivity index (χ4n) is 2.26. The van der Waals surface area contributed by atoms with E-state index in [4.69, 9.17) is 9.15 Å². The smallest absolute Gasteiger partial charge is 0.176 e. The van der Waals surface area contributed by atoms with Crippen molar-refractivity contribution in [3.05, 3.63) is 42.7 Å². The summed E-state index contributed by atoms with van der Waals surface area (Å²) in [6, 6.07) is 8.52. The van der Waals surface area contributed by atoms with Gasteiger partial charge in [-0.05, 0) is 32.4 Å². The van der Waals surface area contributed by atoms with E-state index >= 15 is 0 Å². The lowest BCUT2D eigenvalue weighted by Crippen LogP contribution is -2.28. The molecule has 3 nitrogen and oxygen atoms in total. The van der Waals surface area contributed by atoms with E-state index in [-0.39, 0.29) is 6.04 Å². The van der Waals surface area contributed by atoms with Gasteiger partial charge in [-0.25, -0.2) is 0 Å². The van der Waals surface area contributed by atoms with Gasteiger partial charge in [-0.2, -0.15) is 0 Å². The van der Waals surface area contributed by atoms with Crippen LogP contribution in [0.5, 0.6) is 5.75 Å². The number of hydrogen-bond donors (Lipinski definition) is 1. The molecule has 2 rings (SSSR count). The second-order valence-corrected chi connectivity index (χ2v) is 4.84. The van der Waals surface area contributed by atoms with Crippen molar-refractivity contribution in [2.45, 2.75) is 32.4 Å². The lowest BCUT2D eigenvalue weighted by molar-refractivity contribution is 0.390. The zero-order chi connectivity index (χ0) is 13.8. The first-order chi connectivity index (χ1) is 9.15. The number of ether oxygens (including phenoxy) is 1. The van der Waals surface area contributed by atoms with Crippen LogP contribution in [-0.4, -0.2) is 13.2 Å². The van der Waals surface area contributed by atoms with E-state index in [0.717, 1.165) is 28.9 Å². The van der Waals surface area contributed by atoms with Gasteiger partial charge in [0.1, 0.15) is 5.76 Å². The van der Waals surface area contributed by atoms with E-state index in [1.807, 2.05) is 24.3 Å². The molecule has 0 bridgehead atoms. The number of hydrogen-bond acceptors (Lipinski definition) is 3. The second kappa shape index (κ2) is 5.93. The molecule has 2 atom stereocenters. The molecule has 2 unspecified atom stereocenters. The van der Waals surface area contributed by atoms with Gasteiger partial charge in [0, 0.05) is 11.4 Å². The number of fused-ring (bicyclic) bond motifs is 1. The Kier molecular flexibility index (Phi) is 4.27. The van der Waals surface area contributed by atoms with Crippen LogP contribution in [0.1, 0.15) is 32.1 Å². The maximum Gasteiger partial charge on any atom is 0.176 e. The molecular formula is C16H21NO2. The van der Waals surface area contributed by atoms with Gasteiger partial charge in [-0.1, -0.05) is 18.2 Å². The molecule has 1 aromatic carbocycles. The lowest BCUT2D eigenvalue weighted by Gasteiger charge is -2.16. The fourth-order valence-corrected chi connectivity index (χ4v) is 2.26. The van der Waals surface area contributed by atoms with Crippen LogP contribution in [0.3, 0.4) is 0 Å². The van der Waals surface area contributed by atoms with E-state index in [2.05, 4.69) is 31.8 Å². The van der Waals surface area contributed by atoms with Gasteiger partial charge < -0.3 is 14.5 Å². The standard InChI is InChI=1S/C16H21NO2/c1-5-7-11(2)17-12(3)15-10-13-8-6-9-14(18-4)16(13)19-15/h5-6,8-12,17H,1,7H2,2-4H3. The summed E-state index contributed by atoms with van der Waals surface area (Å²) in [4.78, 5) is 0. The molecule has 19 heavy (non-hydrogen) atoms. The van der Waals surface area contributed by atoms with E-state index in [1.54, 1.807) is 7.11 Å². The highest BCUT2D eigenvalue weighted by Crippen LogP contribution is 2.30. The molecule has 0 radical (unpaired) electrons. The Labute approximate surface area is 114 Å². The number of rotatable bonds is 6. The average molecular weight is 259 g/mol. The zero-order valence-corrected chi connectivity index (χ0v) is 11.8. The summed E-state index contributed by atoms with van der Waals surface area (Å²) >= 11 is 0. The topological polar surface area (TPSA) is 34.4 Å². The Bertz CT molecular complexity index is 559. The molecule has 0 aliphatic heterocycles. The monoisotopic (exact) mass is 259 g/mol. The maximum atomic E-state index is 5.92. The first kappa shape index (κ1) is 13.7. The van der Waals surface area contributed by atoms with Crippen LogP contribution in [0.2, 0.25) is 0 Å². The number of methoxy groups -OCH3 is 1. The Balaban J connectivity index is 2.23. The SMILES string of the molecule is C=CCC(C)NC(C)c1cc2cccc(OC)c2o1. The summed E-state index contributed by atoms with van der Waals surface area (Å²) in [7, 11) is 1.66. The Morgan fingerprint density at radius 1 is 1.42 bits per heavy atom. The third kappa shape index (κ3) is 2.99. The molecule has 0 saturated carbocycles. The van der Waals surface area contributed by atoms with Crippen LogP contribution in [0, 0.1) is 0 Å². The average Bonchev–Trinajstić information content (AvgIpc) is 2.82. The minimum absolute atomic E-state index is 0.159. The predicted molar refractivity (Wildman–Crippen MR) is 78.6 cm³/mol.